The van der Waals surface area contributed by atoms with Gasteiger partial charge in [0.1, 0.15) is 5.58 Å². The molecule has 5 rings (SSSR count). The maximum absolute atomic E-state index is 12.6. The third-order valence-electron chi connectivity index (χ3n) is 5.72. The second-order valence-corrected chi connectivity index (χ2v) is 8.44. The molecule has 2 aromatic carbocycles. The predicted molar refractivity (Wildman–Crippen MR) is 126 cm³/mol. The molecule has 166 valence electrons. The van der Waals surface area contributed by atoms with Crippen LogP contribution in [0.5, 0.6) is 0 Å². The highest BCUT2D eigenvalue weighted by atomic mass is 35.5. The van der Waals surface area contributed by atoms with Gasteiger partial charge in [0.15, 0.2) is 5.76 Å². The first-order chi connectivity index (χ1) is 16.0. The Kier molecular flexibility index (Phi) is 5.48. The molecule has 4 aromatic rings. The Morgan fingerprint density at radius 2 is 1.82 bits per heavy atom. The predicted octanol–water partition coefficient (Wildman–Crippen LogP) is 4.02. The average Bonchev–Trinajstić information content (AvgIpc) is 3.41. The van der Waals surface area contributed by atoms with E-state index in [1.165, 1.54) is 6.07 Å². The van der Waals surface area contributed by atoms with Gasteiger partial charge in [0.2, 0.25) is 5.91 Å². The van der Waals surface area contributed by atoms with Crippen molar-refractivity contribution < 1.29 is 14.0 Å². The van der Waals surface area contributed by atoms with Crippen molar-refractivity contribution in [2.24, 2.45) is 5.92 Å². The number of fused-ring (bicyclic) bond motifs is 1. The van der Waals surface area contributed by atoms with Crippen LogP contribution in [0.3, 0.4) is 0 Å². The Balaban J connectivity index is 1.22. The number of benzene rings is 2. The summed E-state index contributed by atoms with van der Waals surface area (Å²) in [6.07, 6.45) is 2.05. The first-order valence-electron chi connectivity index (χ1n) is 10.5. The Labute approximate surface area is 194 Å². The molecule has 1 unspecified atom stereocenters. The number of carbonyl (C=O) groups is 2. The molecular weight excluding hydrogens is 442 g/mol. The third-order valence-corrected chi connectivity index (χ3v) is 5.96. The number of carbonyl (C=O) groups excluding carboxylic acids is 2. The van der Waals surface area contributed by atoms with E-state index in [1.54, 1.807) is 52.1 Å². The minimum Gasteiger partial charge on any atom is -0.451 e. The summed E-state index contributed by atoms with van der Waals surface area (Å²) in [4.78, 5) is 38.8. The number of hydrogen-bond donors (Lipinski definition) is 1. The number of anilines is 1. The lowest BCUT2D eigenvalue weighted by Gasteiger charge is -2.17. The molecule has 0 aliphatic carbocycles. The van der Waals surface area contributed by atoms with Crippen LogP contribution in [0.15, 0.2) is 82.1 Å². The molecule has 1 atom stereocenters. The summed E-state index contributed by atoms with van der Waals surface area (Å²) in [6, 6.07) is 19.1. The van der Waals surface area contributed by atoms with Crippen LogP contribution in [0.1, 0.15) is 17.0 Å². The molecule has 0 bridgehead atoms. The summed E-state index contributed by atoms with van der Waals surface area (Å²) in [5.41, 5.74) is 1.96. The van der Waals surface area contributed by atoms with E-state index in [2.05, 4.69) is 5.32 Å². The van der Waals surface area contributed by atoms with Gasteiger partial charge in [-0.2, -0.15) is 0 Å². The largest absolute Gasteiger partial charge is 0.451 e. The number of aromatic nitrogens is 1. The number of pyridine rings is 1. The molecule has 3 heterocycles. The molecule has 2 amide bonds. The molecule has 8 heteroatoms. The molecule has 2 aromatic heterocycles. The fourth-order valence-electron chi connectivity index (χ4n) is 4.05. The molecule has 1 aliphatic heterocycles. The van der Waals surface area contributed by atoms with Crippen LogP contribution in [-0.4, -0.2) is 29.5 Å². The zero-order valence-corrected chi connectivity index (χ0v) is 18.3. The van der Waals surface area contributed by atoms with Crippen molar-refractivity contribution in [2.75, 3.05) is 18.0 Å². The average molecular weight is 462 g/mol. The van der Waals surface area contributed by atoms with Gasteiger partial charge < -0.3 is 14.6 Å². The van der Waals surface area contributed by atoms with E-state index in [0.717, 1.165) is 16.8 Å². The molecule has 33 heavy (non-hydrogen) atoms. The lowest BCUT2D eigenvalue weighted by molar-refractivity contribution is -0.117. The van der Waals surface area contributed by atoms with Gasteiger partial charge in [-0.3, -0.25) is 19.0 Å². The fraction of sp³-hybridized carbons (Fsp3) is 0.160. The van der Waals surface area contributed by atoms with Gasteiger partial charge in [-0.1, -0.05) is 17.7 Å². The second-order valence-electron chi connectivity index (χ2n) is 8.00. The van der Waals surface area contributed by atoms with E-state index in [9.17, 15) is 14.4 Å². The highest BCUT2D eigenvalue weighted by molar-refractivity contribution is 6.31. The van der Waals surface area contributed by atoms with E-state index in [1.807, 2.05) is 24.3 Å². The molecular formula is C25H20ClN3O4. The summed E-state index contributed by atoms with van der Waals surface area (Å²) in [6.45, 7) is 0.857. The van der Waals surface area contributed by atoms with Gasteiger partial charge in [-0.25, -0.2) is 0 Å². The van der Waals surface area contributed by atoms with Gasteiger partial charge in [0.05, 0.1) is 0 Å². The van der Waals surface area contributed by atoms with Crippen LogP contribution in [0, 0.1) is 5.92 Å². The zero-order valence-electron chi connectivity index (χ0n) is 17.5. The zero-order chi connectivity index (χ0) is 22.9. The van der Waals surface area contributed by atoms with Crippen molar-refractivity contribution in [1.82, 2.24) is 9.88 Å². The van der Waals surface area contributed by atoms with Crippen LogP contribution in [0.4, 0.5) is 5.69 Å². The van der Waals surface area contributed by atoms with Crippen molar-refractivity contribution in [1.29, 1.82) is 0 Å². The second kappa shape index (κ2) is 8.60. The van der Waals surface area contributed by atoms with Crippen LogP contribution < -0.4 is 15.8 Å². The summed E-state index contributed by atoms with van der Waals surface area (Å²) in [7, 11) is 0. The molecule has 1 fully saturated rings. The topological polar surface area (TPSA) is 84.5 Å². The van der Waals surface area contributed by atoms with Crippen LogP contribution in [0.2, 0.25) is 5.02 Å². The lowest BCUT2D eigenvalue weighted by Crippen LogP contribution is -2.31. The molecule has 0 spiro atoms. The maximum Gasteiger partial charge on any atom is 0.287 e. The van der Waals surface area contributed by atoms with Crippen molar-refractivity contribution in [2.45, 2.75) is 6.42 Å². The summed E-state index contributed by atoms with van der Waals surface area (Å²) < 4.78 is 7.14. The van der Waals surface area contributed by atoms with E-state index < -0.39 is 0 Å². The van der Waals surface area contributed by atoms with E-state index in [4.69, 9.17) is 16.0 Å². The summed E-state index contributed by atoms with van der Waals surface area (Å²) in [5, 5.41) is 4.20. The quantitative estimate of drug-likeness (QED) is 0.486. The molecule has 0 radical (unpaired) electrons. The standard InChI is InChI=1S/C25H20ClN3O4/c26-18-4-9-21-17(12-18)13-22(33-21)25(32)27-14-16-11-24(31)29(15-16)20-7-5-19(6-8-20)28-10-2-1-3-23(28)30/h1-10,12-13,16H,11,14-15H2,(H,27,32). The molecule has 7 nitrogen and oxygen atoms in total. The Hall–Kier alpha value is -3.84. The summed E-state index contributed by atoms with van der Waals surface area (Å²) in [5.74, 6) is -0.139. The van der Waals surface area contributed by atoms with Crippen LogP contribution >= 0.6 is 11.6 Å². The molecule has 1 aliphatic rings. The number of amides is 2. The van der Waals surface area contributed by atoms with Crippen molar-refractivity contribution >= 4 is 40.1 Å². The van der Waals surface area contributed by atoms with E-state index >= 15 is 0 Å². The number of halogens is 1. The van der Waals surface area contributed by atoms with Crippen molar-refractivity contribution in [3.8, 4) is 5.69 Å². The number of nitrogens with zero attached hydrogens (tertiary/aromatic N) is 2. The van der Waals surface area contributed by atoms with E-state index in [-0.39, 0.29) is 29.1 Å². The minimum atomic E-state index is -0.328. The Morgan fingerprint density at radius 3 is 2.61 bits per heavy atom. The van der Waals surface area contributed by atoms with E-state index in [0.29, 0.717) is 30.1 Å². The third kappa shape index (κ3) is 4.27. The molecule has 1 saturated heterocycles. The van der Waals surface area contributed by atoms with Crippen molar-refractivity contribution in [3.05, 3.63) is 94.1 Å². The van der Waals surface area contributed by atoms with Gasteiger partial charge in [0.25, 0.3) is 11.5 Å². The maximum atomic E-state index is 12.6. The first kappa shape index (κ1) is 21.0. The monoisotopic (exact) mass is 461 g/mol. The smallest absolute Gasteiger partial charge is 0.287 e. The van der Waals surface area contributed by atoms with Gasteiger partial charge in [-0.05, 0) is 54.6 Å². The lowest BCUT2D eigenvalue weighted by atomic mass is 10.1. The van der Waals surface area contributed by atoms with Gasteiger partial charge >= 0.3 is 0 Å². The van der Waals surface area contributed by atoms with Crippen LogP contribution in [-0.2, 0) is 4.79 Å². The Bertz CT molecular complexity index is 1410. The highest BCUT2D eigenvalue weighted by Gasteiger charge is 2.31. The Morgan fingerprint density at radius 1 is 1.03 bits per heavy atom. The van der Waals surface area contributed by atoms with Crippen LogP contribution in [0.25, 0.3) is 16.7 Å². The number of furan rings is 1. The first-order valence-corrected chi connectivity index (χ1v) is 10.9. The molecule has 1 N–H and O–H groups in total. The summed E-state index contributed by atoms with van der Waals surface area (Å²) >= 11 is 5.99. The number of rotatable bonds is 5. The van der Waals surface area contributed by atoms with Gasteiger partial charge in [0, 0.05) is 59.5 Å². The normalized spacial score (nSPS) is 15.8. The molecule has 0 saturated carbocycles. The highest BCUT2D eigenvalue weighted by Crippen LogP contribution is 2.26. The number of hydrogen-bond acceptors (Lipinski definition) is 4. The van der Waals surface area contributed by atoms with Gasteiger partial charge in [-0.15, -0.1) is 0 Å². The SMILES string of the molecule is O=C(NCC1CC(=O)N(c2ccc(-n3ccccc3=O)cc2)C1)c1cc2cc(Cl)ccc2o1. The minimum absolute atomic E-state index is 0.00254. The fourth-order valence-corrected chi connectivity index (χ4v) is 4.23. The van der Waals surface area contributed by atoms with Crippen molar-refractivity contribution in [3.63, 3.8) is 0 Å². The number of nitrogens with one attached hydrogen (secondary N) is 1.